The average molecular weight is 333 g/mol. The topological polar surface area (TPSA) is 50.4 Å². The molecule has 5 heteroatoms. The number of amides is 2. The summed E-state index contributed by atoms with van der Waals surface area (Å²) in [5.74, 6) is 0.815. The van der Waals surface area contributed by atoms with Crippen LogP contribution >= 0.6 is 11.6 Å². The van der Waals surface area contributed by atoms with Crippen molar-refractivity contribution in [2.75, 3.05) is 18.5 Å². The van der Waals surface area contributed by atoms with E-state index in [4.69, 9.17) is 16.3 Å². The Morgan fingerprint density at radius 2 is 1.78 bits per heavy atom. The van der Waals surface area contributed by atoms with Crippen LogP contribution in [0.15, 0.2) is 36.4 Å². The molecule has 0 heterocycles. The highest BCUT2D eigenvalue weighted by Crippen LogP contribution is 2.20. The summed E-state index contributed by atoms with van der Waals surface area (Å²) in [5, 5.41) is 6.12. The Hall–Kier alpha value is -2.20. The fourth-order valence-corrected chi connectivity index (χ4v) is 2.42. The summed E-state index contributed by atoms with van der Waals surface area (Å²) >= 11 is 5.93. The van der Waals surface area contributed by atoms with E-state index < -0.39 is 0 Å². The third-order valence-corrected chi connectivity index (χ3v) is 3.53. The smallest absolute Gasteiger partial charge is 0.319 e. The Balaban J connectivity index is 1.77. The third kappa shape index (κ3) is 5.49. The summed E-state index contributed by atoms with van der Waals surface area (Å²) in [6, 6.07) is 11.1. The first-order chi connectivity index (χ1) is 10.9. The minimum Gasteiger partial charge on any atom is -0.492 e. The quantitative estimate of drug-likeness (QED) is 0.794. The second-order valence-electron chi connectivity index (χ2n) is 5.51. The van der Waals surface area contributed by atoms with Gasteiger partial charge in [0.1, 0.15) is 12.4 Å². The highest BCUT2D eigenvalue weighted by atomic mass is 35.5. The molecule has 122 valence electrons. The molecule has 23 heavy (non-hydrogen) atoms. The first-order valence-corrected chi connectivity index (χ1v) is 7.84. The molecule has 0 saturated heterocycles. The van der Waals surface area contributed by atoms with E-state index in [0.29, 0.717) is 23.9 Å². The first kappa shape index (κ1) is 17.2. The van der Waals surface area contributed by atoms with Crippen LogP contribution in [0.5, 0.6) is 5.75 Å². The van der Waals surface area contributed by atoms with E-state index in [1.165, 1.54) is 0 Å². The van der Waals surface area contributed by atoms with Crippen molar-refractivity contribution in [3.8, 4) is 5.75 Å². The number of nitrogens with one attached hydrogen (secondary N) is 2. The van der Waals surface area contributed by atoms with Crippen LogP contribution in [-0.4, -0.2) is 19.2 Å². The summed E-state index contributed by atoms with van der Waals surface area (Å²) in [7, 11) is 0. The third-order valence-electron chi connectivity index (χ3n) is 3.30. The predicted octanol–water partition coefficient (Wildman–Crippen LogP) is 4.47. The van der Waals surface area contributed by atoms with E-state index in [1.54, 1.807) is 12.1 Å². The zero-order valence-electron chi connectivity index (χ0n) is 13.6. The summed E-state index contributed by atoms with van der Waals surface area (Å²) in [6.45, 7) is 6.79. The van der Waals surface area contributed by atoms with Crippen LogP contribution in [0.2, 0.25) is 5.02 Å². The molecule has 0 aliphatic rings. The van der Waals surface area contributed by atoms with Crippen LogP contribution in [0.25, 0.3) is 0 Å². The van der Waals surface area contributed by atoms with Crippen LogP contribution < -0.4 is 15.4 Å². The Morgan fingerprint density at radius 3 is 2.48 bits per heavy atom. The van der Waals surface area contributed by atoms with Crippen molar-refractivity contribution < 1.29 is 9.53 Å². The van der Waals surface area contributed by atoms with Gasteiger partial charge in [0.2, 0.25) is 0 Å². The van der Waals surface area contributed by atoms with Gasteiger partial charge in [-0.05, 0) is 61.7 Å². The van der Waals surface area contributed by atoms with Gasteiger partial charge in [-0.2, -0.15) is 0 Å². The van der Waals surface area contributed by atoms with Crippen LogP contribution in [0.3, 0.4) is 0 Å². The van der Waals surface area contributed by atoms with Crippen molar-refractivity contribution in [1.82, 2.24) is 5.32 Å². The van der Waals surface area contributed by atoms with Gasteiger partial charge in [-0.1, -0.05) is 23.7 Å². The van der Waals surface area contributed by atoms with Crippen LogP contribution in [0.4, 0.5) is 10.5 Å². The highest BCUT2D eigenvalue weighted by molar-refractivity contribution is 6.31. The maximum atomic E-state index is 11.9. The minimum atomic E-state index is -0.278. The fourth-order valence-electron chi connectivity index (χ4n) is 2.25. The molecule has 0 aromatic heterocycles. The molecule has 2 rings (SSSR count). The summed E-state index contributed by atoms with van der Waals surface area (Å²) in [5.41, 5.74) is 3.96. The first-order valence-electron chi connectivity index (χ1n) is 7.46. The van der Waals surface area contributed by atoms with Gasteiger partial charge < -0.3 is 15.4 Å². The van der Waals surface area contributed by atoms with Gasteiger partial charge in [0.25, 0.3) is 0 Å². The minimum absolute atomic E-state index is 0.278. The van der Waals surface area contributed by atoms with Crippen LogP contribution in [0.1, 0.15) is 16.7 Å². The van der Waals surface area contributed by atoms with E-state index in [9.17, 15) is 4.79 Å². The van der Waals surface area contributed by atoms with Crippen molar-refractivity contribution in [3.05, 3.63) is 58.1 Å². The molecule has 0 bridgehead atoms. The number of carbonyl (C=O) groups excluding carboxylic acids is 1. The lowest BCUT2D eigenvalue weighted by Gasteiger charge is -2.11. The molecule has 2 N–H and O–H groups in total. The number of anilines is 1. The largest absolute Gasteiger partial charge is 0.492 e. The lowest BCUT2D eigenvalue weighted by molar-refractivity contribution is 0.247. The summed E-state index contributed by atoms with van der Waals surface area (Å²) in [4.78, 5) is 11.9. The van der Waals surface area contributed by atoms with E-state index in [2.05, 4.69) is 16.7 Å². The number of carbonyl (C=O) groups is 1. The number of hydrogen-bond donors (Lipinski definition) is 2. The number of hydrogen-bond acceptors (Lipinski definition) is 2. The van der Waals surface area contributed by atoms with Crippen LogP contribution in [-0.2, 0) is 0 Å². The normalized spacial score (nSPS) is 10.3. The summed E-state index contributed by atoms with van der Waals surface area (Å²) < 4.78 is 5.65. The monoisotopic (exact) mass is 332 g/mol. The van der Waals surface area contributed by atoms with E-state index in [0.717, 1.165) is 22.4 Å². The van der Waals surface area contributed by atoms with E-state index in [1.807, 2.05) is 39.0 Å². The Bertz CT molecular complexity index is 681. The molecule has 0 saturated carbocycles. The molecule has 0 aliphatic carbocycles. The standard InChI is InChI=1S/C18H21ClN2O2/c1-12-8-13(2)10-16(9-12)23-7-6-20-18(22)21-17-11-15(19)5-4-14(17)3/h4-5,8-11H,6-7H2,1-3H3,(H2,20,21,22). The van der Waals surface area contributed by atoms with Crippen LogP contribution in [0, 0.1) is 20.8 Å². The van der Waals surface area contributed by atoms with Crippen molar-refractivity contribution >= 4 is 23.3 Å². The molecular weight excluding hydrogens is 312 g/mol. The maximum Gasteiger partial charge on any atom is 0.319 e. The number of rotatable bonds is 5. The second-order valence-corrected chi connectivity index (χ2v) is 5.95. The molecule has 0 aliphatic heterocycles. The van der Waals surface area contributed by atoms with Gasteiger partial charge in [0.05, 0.1) is 6.54 Å². The molecule has 0 unspecified atom stereocenters. The zero-order chi connectivity index (χ0) is 16.8. The van der Waals surface area contributed by atoms with Crippen molar-refractivity contribution in [3.63, 3.8) is 0 Å². The van der Waals surface area contributed by atoms with Gasteiger partial charge in [-0.3, -0.25) is 0 Å². The Morgan fingerprint density at radius 1 is 1.09 bits per heavy atom. The molecule has 0 fully saturated rings. The molecule has 2 amide bonds. The number of ether oxygens (including phenoxy) is 1. The Kier molecular flexibility index (Phi) is 5.88. The van der Waals surface area contributed by atoms with E-state index in [-0.39, 0.29) is 6.03 Å². The molecule has 0 radical (unpaired) electrons. The average Bonchev–Trinajstić information content (AvgIpc) is 2.46. The number of halogens is 1. The van der Waals surface area contributed by atoms with Gasteiger partial charge in [-0.25, -0.2) is 4.79 Å². The number of urea groups is 1. The Labute approximate surface area is 141 Å². The SMILES string of the molecule is Cc1cc(C)cc(OCCNC(=O)Nc2cc(Cl)ccc2C)c1. The van der Waals surface area contributed by atoms with E-state index >= 15 is 0 Å². The molecule has 2 aromatic carbocycles. The van der Waals surface area contributed by atoms with Gasteiger partial charge in [0, 0.05) is 10.7 Å². The zero-order valence-corrected chi connectivity index (χ0v) is 14.3. The molecule has 2 aromatic rings. The van der Waals surface area contributed by atoms with Crippen molar-refractivity contribution in [2.24, 2.45) is 0 Å². The lowest BCUT2D eigenvalue weighted by atomic mass is 10.1. The number of benzene rings is 2. The highest BCUT2D eigenvalue weighted by Gasteiger charge is 2.05. The van der Waals surface area contributed by atoms with Gasteiger partial charge >= 0.3 is 6.03 Å². The fraction of sp³-hybridized carbons (Fsp3) is 0.278. The van der Waals surface area contributed by atoms with Gasteiger partial charge in [0.15, 0.2) is 0 Å². The number of aryl methyl sites for hydroxylation is 3. The summed E-state index contributed by atoms with van der Waals surface area (Å²) in [6.07, 6.45) is 0. The molecule has 0 atom stereocenters. The second kappa shape index (κ2) is 7.88. The maximum absolute atomic E-state index is 11.9. The van der Waals surface area contributed by atoms with Crippen molar-refractivity contribution in [1.29, 1.82) is 0 Å². The lowest BCUT2D eigenvalue weighted by Crippen LogP contribution is -2.32. The molecule has 4 nitrogen and oxygen atoms in total. The van der Waals surface area contributed by atoms with Gasteiger partial charge in [-0.15, -0.1) is 0 Å². The predicted molar refractivity (Wildman–Crippen MR) is 94.6 cm³/mol. The molecular formula is C18H21ClN2O2. The van der Waals surface area contributed by atoms with Crippen molar-refractivity contribution in [2.45, 2.75) is 20.8 Å². The molecule has 0 spiro atoms.